The molecule has 1 fully saturated rings. The fourth-order valence-electron chi connectivity index (χ4n) is 4.35. The third-order valence-corrected chi connectivity index (χ3v) is 5.95. The summed E-state index contributed by atoms with van der Waals surface area (Å²) >= 11 is 0. The fraction of sp³-hybridized carbons (Fsp3) is 0.200. The van der Waals surface area contributed by atoms with E-state index < -0.39 is 0 Å². The highest BCUT2D eigenvalue weighted by molar-refractivity contribution is 6.24. The van der Waals surface area contributed by atoms with Crippen LogP contribution in [0.3, 0.4) is 0 Å². The first-order valence-electron chi connectivity index (χ1n) is 10.0. The molecule has 0 saturated carbocycles. The summed E-state index contributed by atoms with van der Waals surface area (Å²) in [6.45, 7) is 5.04. The molecule has 0 radical (unpaired) electrons. The number of ketones is 1. The number of hydrogen-bond acceptors (Lipinski definition) is 3. The van der Waals surface area contributed by atoms with Gasteiger partial charge in [0.05, 0.1) is 0 Å². The number of piperazine rings is 1. The van der Waals surface area contributed by atoms with Gasteiger partial charge in [-0.2, -0.15) is 0 Å². The molecule has 0 atom stereocenters. The van der Waals surface area contributed by atoms with E-state index in [0.29, 0.717) is 29.8 Å². The monoisotopic (exact) mass is 382 g/mol. The Morgan fingerprint density at radius 2 is 1.41 bits per heavy atom. The molecule has 29 heavy (non-hydrogen) atoms. The van der Waals surface area contributed by atoms with Crippen LogP contribution in [0, 0.1) is 6.92 Å². The maximum atomic E-state index is 13.4. The lowest BCUT2D eigenvalue weighted by atomic mass is 9.98. The van der Waals surface area contributed by atoms with Crippen molar-refractivity contribution >= 4 is 17.4 Å². The highest BCUT2D eigenvalue weighted by Crippen LogP contribution is 2.39. The van der Waals surface area contributed by atoms with Gasteiger partial charge >= 0.3 is 0 Å². The van der Waals surface area contributed by atoms with E-state index in [9.17, 15) is 9.59 Å². The van der Waals surface area contributed by atoms with Crippen LogP contribution in [0.25, 0.3) is 11.1 Å². The van der Waals surface area contributed by atoms with Crippen LogP contribution in [0.4, 0.5) is 5.69 Å². The third-order valence-electron chi connectivity index (χ3n) is 5.95. The van der Waals surface area contributed by atoms with Crippen molar-refractivity contribution in [1.29, 1.82) is 0 Å². The topological polar surface area (TPSA) is 40.6 Å². The highest BCUT2D eigenvalue weighted by atomic mass is 16.2. The third kappa shape index (κ3) is 2.92. The molecule has 1 aliphatic heterocycles. The summed E-state index contributed by atoms with van der Waals surface area (Å²) in [4.78, 5) is 30.3. The number of anilines is 1. The first-order valence-corrected chi connectivity index (χ1v) is 10.0. The van der Waals surface area contributed by atoms with Gasteiger partial charge in [-0.1, -0.05) is 54.1 Å². The number of aryl methyl sites for hydroxylation is 1. The van der Waals surface area contributed by atoms with Gasteiger partial charge in [0.25, 0.3) is 5.91 Å². The van der Waals surface area contributed by atoms with E-state index in [2.05, 4.69) is 36.1 Å². The second kappa shape index (κ2) is 6.89. The molecule has 0 bridgehead atoms. The van der Waals surface area contributed by atoms with Gasteiger partial charge < -0.3 is 9.80 Å². The maximum absolute atomic E-state index is 13.4. The van der Waals surface area contributed by atoms with Crippen LogP contribution >= 0.6 is 0 Å². The van der Waals surface area contributed by atoms with Gasteiger partial charge in [-0.3, -0.25) is 9.59 Å². The maximum Gasteiger partial charge on any atom is 0.254 e. The Morgan fingerprint density at radius 3 is 2.14 bits per heavy atom. The molecule has 1 aliphatic carbocycles. The second-order valence-corrected chi connectivity index (χ2v) is 7.72. The summed E-state index contributed by atoms with van der Waals surface area (Å²) < 4.78 is 0. The number of rotatable bonds is 2. The SMILES string of the molecule is Cc1ccc(N2CCN(C(=O)c3cccc4c3-c3ccccc3C4=O)CC2)cc1. The van der Waals surface area contributed by atoms with Gasteiger partial charge in [-0.15, -0.1) is 0 Å². The predicted octanol–water partition coefficient (Wildman–Crippen LogP) is 4.17. The molecule has 1 saturated heterocycles. The Hall–Kier alpha value is -3.40. The lowest BCUT2D eigenvalue weighted by Crippen LogP contribution is -2.48. The van der Waals surface area contributed by atoms with Crippen molar-refractivity contribution in [1.82, 2.24) is 4.90 Å². The molecule has 1 amide bonds. The van der Waals surface area contributed by atoms with Crippen LogP contribution in [0.5, 0.6) is 0 Å². The van der Waals surface area contributed by atoms with Crippen LogP contribution < -0.4 is 4.90 Å². The predicted molar refractivity (Wildman–Crippen MR) is 115 cm³/mol. The molecule has 4 heteroatoms. The zero-order chi connectivity index (χ0) is 20.0. The van der Waals surface area contributed by atoms with Crippen LogP contribution in [-0.2, 0) is 0 Å². The second-order valence-electron chi connectivity index (χ2n) is 7.72. The minimum Gasteiger partial charge on any atom is -0.368 e. The first kappa shape index (κ1) is 17.7. The normalized spacial score (nSPS) is 15.3. The number of benzene rings is 3. The number of amides is 1. The van der Waals surface area contributed by atoms with E-state index in [-0.39, 0.29) is 11.7 Å². The largest absolute Gasteiger partial charge is 0.368 e. The fourth-order valence-corrected chi connectivity index (χ4v) is 4.35. The molecule has 2 aliphatic rings. The molecule has 0 unspecified atom stereocenters. The molecule has 0 aromatic heterocycles. The van der Waals surface area contributed by atoms with E-state index >= 15 is 0 Å². The molecule has 1 heterocycles. The Kier molecular flexibility index (Phi) is 4.20. The molecule has 0 N–H and O–H groups in total. The summed E-state index contributed by atoms with van der Waals surface area (Å²) in [6, 6.07) is 21.6. The van der Waals surface area contributed by atoms with E-state index in [4.69, 9.17) is 0 Å². The van der Waals surface area contributed by atoms with E-state index in [1.165, 1.54) is 11.3 Å². The number of carbonyl (C=O) groups excluding carboxylic acids is 2. The van der Waals surface area contributed by atoms with E-state index in [0.717, 1.165) is 24.2 Å². The van der Waals surface area contributed by atoms with Crippen LogP contribution in [0.15, 0.2) is 66.7 Å². The van der Waals surface area contributed by atoms with Crippen molar-refractivity contribution in [3.63, 3.8) is 0 Å². The summed E-state index contributed by atoms with van der Waals surface area (Å²) in [6.07, 6.45) is 0. The molecule has 4 nitrogen and oxygen atoms in total. The van der Waals surface area contributed by atoms with Crippen molar-refractivity contribution in [3.8, 4) is 11.1 Å². The van der Waals surface area contributed by atoms with Crippen LogP contribution in [-0.4, -0.2) is 42.8 Å². The smallest absolute Gasteiger partial charge is 0.254 e. The summed E-state index contributed by atoms with van der Waals surface area (Å²) in [5.74, 6) is 0.0179. The Morgan fingerprint density at radius 1 is 0.759 bits per heavy atom. The molecule has 0 spiro atoms. The molecule has 3 aromatic carbocycles. The molecule has 5 rings (SSSR count). The minimum atomic E-state index is 0.00874. The Labute approximate surface area is 170 Å². The summed E-state index contributed by atoms with van der Waals surface area (Å²) in [5.41, 5.74) is 6.05. The molecule has 3 aromatic rings. The summed E-state index contributed by atoms with van der Waals surface area (Å²) in [5, 5.41) is 0. The van der Waals surface area contributed by atoms with Crippen molar-refractivity contribution in [2.45, 2.75) is 6.92 Å². The van der Waals surface area contributed by atoms with Crippen molar-refractivity contribution in [2.75, 3.05) is 31.1 Å². The van der Waals surface area contributed by atoms with Gasteiger partial charge in [0.15, 0.2) is 5.78 Å². The average Bonchev–Trinajstić information content (AvgIpc) is 3.07. The van der Waals surface area contributed by atoms with Crippen molar-refractivity contribution in [2.24, 2.45) is 0 Å². The quantitative estimate of drug-likeness (QED) is 0.522. The lowest BCUT2D eigenvalue weighted by molar-refractivity contribution is 0.0747. The van der Waals surface area contributed by atoms with Gasteiger partial charge in [0.2, 0.25) is 0 Å². The number of fused-ring (bicyclic) bond motifs is 3. The van der Waals surface area contributed by atoms with Gasteiger partial charge in [0.1, 0.15) is 0 Å². The molecular formula is C25H22N2O2. The van der Waals surface area contributed by atoms with Gasteiger partial charge in [-0.05, 0) is 30.7 Å². The highest BCUT2D eigenvalue weighted by Gasteiger charge is 2.32. The van der Waals surface area contributed by atoms with Crippen LogP contribution in [0.2, 0.25) is 0 Å². The van der Waals surface area contributed by atoms with Crippen molar-refractivity contribution in [3.05, 3.63) is 89.0 Å². The number of carbonyl (C=O) groups is 2. The van der Waals surface area contributed by atoms with Gasteiger partial charge in [-0.25, -0.2) is 0 Å². The number of hydrogen-bond donors (Lipinski definition) is 0. The standard InChI is InChI=1S/C25H22N2O2/c1-17-9-11-18(12-10-17)26-13-15-27(16-14-26)25(29)22-8-4-7-21-23(22)19-5-2-3-6-20(19)24(21)28/h2-12H,13-16H2,1H3. The van der Waals surface area contributed by atoms with Crippen molar-refractivity contribution < 1.29 is 9.59 Å². The van der Waals surface area contributed by atoms with E-state index in [1.807, 2.05) is 47.4 Å². The zero-order valence-corrected chi connectivity index (χ0v) is 16.4. The number of nitrogens with zero attached hydrogens (tertiary/aromatic N) is 2. The lowest BCUT2D eigenvalue weighted by Gasteiger charge is -2.36. The Balaban J connectivity index is 1.40. The van der Waals surface area contributed by atoms with Gasteiger partial charge in [0, 0.05) is 54.1 Å². The van der Waals surface area contributed by atoms with E-state index in [1.54, 1.807) is 0 Å². The minimum absolute atomic E-state index is 0.00874. The molecule has 144 valence electrons. The first-order chi connectivity index (χ1) is 14.1. The summed E-state index contributed by atoms with van der Waals surface area (Å²) in [7, 11) is 0. The zero-order valence-electron chi connectivity index (χ0n) is 16.4. The average molecular weight is 382 g/mol. The van der Waals surface area contributed by atoms with Crippen LogP contribution in [0.1, 0.15) is 31.8 Å². The molecular weight excluding hydrogens is 360 g/mol. The Bertz CT molecular complexity index is 1110.